The summed E-state index contributed by atoms with van der Waals surface area (Å²) >= 11 is 0. The fourth-order valence-corrected chi connectivity index (χ4v) is 4.55. The lowest BCUT2D eigenvalue weighted by molar-refractivity contribution is -0.121. The lowest BCUT2D eigenvalue weighted by atomic mass is 9.96. The van der Waals surface area contributed by atoms with Crippen LogP contribution in [-0.2, 0) is 14.8 Å². The second-order valence-electron chi connectivity index (χ2n) is 6.59. The number of sulfonamides is 1. The molecule has 1 aromatic rings. The highest BCUT2D eigenvalue weighted by Gasteiger charge is 2.30. The highest BCUT2D eigenvalue weighted by Crippen LogP contribution is 2.26. The third kappa shape index (κ3) is 4.19. The number of carbonyl (C=O) groups is 1. The van der Waals surface area contributed by atoms with Gasteiger partial charge in [-0.1, -0.05) is 12.1 Å². The van der Waals surface area contributed by atoms with Gasteiger partial charge in [0.15, 0.2) is 5.84 Å². The standard InChI is InChI=1S/C17H24N4O3S/c1-21(12-16(22)19-10-8-13-5-4-9-18-11-13)17-14-6-2-3-7-15(14)25(23,24)20-17/h2-3,6-7,13,18H,4-5,8-12H2,1H3,(H,19,22). The smallest absolute Gasteiger partial charge is 0.285 e. The SMILES string of the molecule is CN(CC(=O)NCCC1CCCNC1)C1=NS(=O)(=O)c2ccccc21. The summed E-state index contributed by atoms with van der Waals surface area (Å²) in [5, 5.41) is 6.28. The van der Waals surface area contributed by atoms with E-state index in [1.165, 1.54) is 18.9 Å². The van der Waals surface area contributed by atoms with E-state index < -0.39 is 10.0 Å². The number of hydrogen-bond donors (Lipinski definition) is 2. The van der Waals surface area contributed by atoms with Gasteiger partial charge in [0.2, 0.25) is 5.91 Å². The number of rotatable bonds is 5. The Bertz CT molecular complexity index is 770. The monoisotopic (exact) mass is 364 g/mol. The van der Waals surface area contributed by atoms with E-state index in [9.17, 15) is 13.2 Å². The fraction of sp³-hybridized carbons (Fsp3) is 0.529. The number of piperidine rings is 1. The highest BCUT2D eigenvalue weighted by molar-refractivity contribution is 7.90. The molecular weight excluding hydrogens is 340 g/mol. The molecule has 0 saturated carbocycles. The van der Waals surface area contributed by atoms with E-state index >= 15 is 0 Å². The maximum atomic E-state index is 12.2. The van der Waals surface area contributed by atoms with Crippen molar-refractivity contribution in [3.8, 4) is 0 Å². The predicted molar refractivity (Wildman–Crippen MR) is 96.0 cm³/mol. The molecule has 1 saturated heterocycles. The lowest BCUT2D eigenvalue weighted by Gasteiger charge is -2.23. The van der Waals surface area contributed by atoms with Crippen LogP contribution in [0.1, 0.15) is 24.8 Å². The summed E-state index contributed by atoms with van der Waals surface area (Å²) in [5.41, 5.74) is 0.547. The molecule has 2 heterocycles. The molecule has 7 nitrogen and oxygen atoms in total. The summed E-state index contributed by atoms with van der Waals surface area (Å²) in [6, 6.07) is 6.68. The third-order valence-corrected chi connectivity index (χ3v) is 5.95. The van der Waals surface area contributed by atoms with Crippen LogP contribution >= 0.6 is 0 Å². The Balaban J connectivity index is 1.54. The first kappa shape index (κ1) is 17.9. The number of amides is 1. The van der Waals surface area contributed by atoms with E-state index in [4.69, 9.17) is 0 Å². The zero-order chi connectivity index (χ0) is 17.9. The van der Waals surface area contributed by atoms with E-state index in [1.807, 2.05) is 0 Å². The number of amidine groups is 1. The summed E-state index contributed by atoms with van der Waals surface area (Å²) in [6.07, 6.45) is 3.35. The number of fused-ring (bicyclic) bond motifs is 1. The molecule has 25 heavy (non-hydrogen) atoms. The van der Waals surface area contributed by atoms with Crippen LogP contribution in [0.5, 0.6) is 0 Å². The van der Waals surface area contributed by atoms with Crippen molar-refractivity contribution in [3.63, 3.8) is 0 Å². The number of benzene rings is 1. The fourth-order valence-electron chi connectivity index (χ4n) is 3.30. The number of hydrogen-bond acceptors (Lipinski definition) is 5. The zero-order valence-corrected chi connectivity index (χ0v) is 15.2. The van der Waals surface area contributed by atoms with Crippen LogP contribution in [0, 0.1) is 5.92 Å². The van der Waals surface area contributed by atoms with Gasteiger partial charge in [0, 0.05) is 19.2 Å². The van der Waals surface area contributed by atoms with Crippen molar-refractivity contribution in [2.45, 2.75) is 24.2 Å². The number of likely N-dealkylation sites (N-methyl/N-ethyl adjacent to an activating group) is 1. The summed E-state index contributed by atoms with van der Waals surface area (Å²) in [4.78, 5) is 13.9. The molecular formula is C17H24N4O3S. The Hall–Kier alpha value is -1.93. The molecule has 2 aliphatic heterocycles. The number of carbonyl (C=O) groups excluding carboxylic acids is 1. The van der Waals surface area contributed by atoms with Crippen molar-refractivity contribution >= 4 is 21.8 Å². The van der Waals surface area contributed by atoms with Crippen LogP contribution in [-0.4, -0.2) is 58.3 Å². The van der Waals surface area contributed by atoms with Crippen LogP contribution in [0.25, 0.3) is 0 Å². The Morgan fingerprint density at radius 2 is 2.20 bits per heavy atom. The molecule has 0 radical (unpaired) electrons. The van der Waals surface area contributed by atoms with Gasteiger partial charge < -0.3 is 15.5 Å². The van der Waals surface area contributed by atoms with Crippen molar-refractivity contribution in [1.82, 2.24) is 15.5 Å². The average Bonchev–Trinajstić information content (AvgIpc) is 2.88. The van der Waals surface area contributed by atoms with E-state index in [0.29, 0.717) is 23.9 Å². The van der Waals surface area contributed by atoms with Gasteiger partial charge in [-0.25, -0.2) is 0 Å². The predicted octanol–water partition coefficient (Wildman–Crippen LogP) is 0.573. The van der Waals surface area contributed by atoms with Crippen LogP contribution in [0.15, 0.2) is 33.6 Å². The number of nitrogens with one attached hydrogen (secondary N) is 2. The lowest BCUT2D eigenvalue weighted by Crippen LogP contribution is -2.39. The van der Waals surface area contributed by atoms with E-state index in [-0.39, 0.29) is 17.3 Å². The first-order valence-corrected chi connectivity index (χ1v) is 10.0. The zero-order valence-electron chi connectivity index (χ0n) is 14.4. The third-order valence-electron chi connectivity index (χ3n) is 4.63. The van der Waals surface area contributed by atoms with Gasteiger partial charge in [-0.3, -0.25) is 4.79 Å². The molecule has 1 fully saturated rings. The molecule has 0 aliphatic carbocycles. The Kier molecular flexibility index (Phi) is 5.39. The van der Waals surface area contributed by atoms with Gasteiger partial charge in [-0.05, 0) is 50.4 Å². The molecule has 0 bridgehead atoms. The minimum absolute atomic E-state index is 0.0750. The molecule has 136 valence electrons. The van der Waals surface area contributed by atoms with Crippen LogP contribution in [0.2, 0.25) is 0 Å². The quantitative estimate of drug-likeness (QED) is 0.797. The van der Waals surface area contributed by atoms with Gasteiger partial charge in [0.05, 0.1) is 6.54 Å². The Morgan fingerprint density at radius 3 is 2.96 bits per heavy atom. The summed E-state index contributed by atoms with van der Waals surface area (Å²) < 4.78 is 28.0. The largest absolute Gasteiger partial charge is 0.355 e. The maximum absolute atomic E-state index is 12.2. The molecule has 1 unspecified atom stereocenters. The molecule has 1 aromatic carbocycles. The molecule has 2 N–H and O–H groups in total. The Labute approximate surface area is 148 Å². The van der Waals surface area contributed by atoms with Crippen molar-refractivity contribution in [2.24, 2.45) is 10.3 Å². The summed E-state index contributed by atoms with van der Waals surface area (Å²) in [7, 11) is -1.98. The minimum atomic E-state index is -3.66. The van der Waals surface area contributed by atoms with Crippen LogP contribution < -0.4 is 10.6 Å². The summed E-state index contributed by atoms with van der Waals surface area (Å²) in [6.45, 7) is 2.81. The van der Waals surface area contributed by atoms with Crippen molar-refractivity contribution in [3.05, 3.63) is 29.8 Å². The number of nitrogens with zero attached hydrogens (tertiary/aromatic N) is 2. The molecule has 8 heteroatoms. The molecule has 0 spiro atoms. The van der Waals surface area contributed by atoms with Gasteiger partial charge in [-0.15, -0.1) is 4.40 Å². The van der Waals surface area contributed by atoms with E-state index in [2.05, 4.69) is 15.0 Å². The van der Waals surface area contributed by atoms with Crippen LogP contribution in [0.3, 0.4) is 0 Å². The topological polar surface area (TPSA) is 90.9 Å². The summed E-state index contributed by atoms with van der Waals surface area (Å²) in [5.74, 6) is 0.806. The van der Waals surface area contributed by atoms with Gasteiger partial charge in [-0.2, -0.15) is 8.42 Å². The van der Waals surface area contributed by atoms with Gasteiger partial charge in [0.1, 0.15) is 4.90 Å². The normalized spacial score (nSPS) is 21.3. The molecule has 3 rings (SSSR count). The van der Waals surface area contributed by atoms with Crippen molar-refractivity contribution in [1.29, 1.82) is 0 Å². The van der Waals surface area contributed by atoms with Crippen molar-refractivity contribution in [2.75, 3.05) is 33.2 Å². The molecule has 2 aliphatic rings. The average molecular weight is 364 g/mol. The maximum Gasteiger partial charge on any atom is 0.285 e. The molecule has 0 aromatic heterocycles. The first-order valence-electron chi connectivity index (χ1n) is 8.60. The molecule has 1 atom stereocenters. The van der Waals surface area contributed by atoms with Crippen LogP contribution in [0.4, 0.5) is 0 Å². The highest BCUT2D eigenvalue weighted by atomic mass is 32.2. The molecule has 1 amide bonds. The van der Waals surface area contributed by atoms with Crippen molar-refractivity contribution < 1.29 is 13.2 Å². The van der Waals surface area contributed by atoms with Gasteiger partial charge in [0.25, 0.3) is 10.0 Å². The Morgan fingerprint density at radius 1 is 1.40 bits per heavy atom. The van der Waals surface area contributed by atoms with E-state index in [0.717, 1.165) is 19.5 Å². The first-order chi connectivity index (χ1) is 12.0. The van der Waals surface area contributed by atoms with Gasteiger partial charge >= 0.3 is 0 Å². The van der Waals surface area contributed by atoms with E-state index in [1.54, 1.807) is 30.1 Å². The minimum Gasteiger partial charge on any atom is -0.355 e. The second-order valence-corrected chi connectivity index (χ2v) is 8.17. The second kappa shape index (κ2) is 7.53.